The molecule has 0 aliphatic carbocycles. The first-order valence-corrected chi connectivity index (χ1v) is 12.4. The third-order valence-electron chi connectivity index (χ3n) is 7.22. The van der Waals surface area contributed by atoms with Crippen molar-refractivity contribution in [2.45, 2.75) is 18.9 Å². The van der Waals surface area contributed by atoms with Crippen LogP contribution < -0.4 is 14.4 Å². The number of para-hydroxylation sites is 2. The summed E-state index contributed by atoms with van der Waals surface area (Å²) in [4.78, 5) is 20.1. The predicted octanol–water partition coefficient (Wildman–Crippen LogP) is 5.53. The van der Waals surface area contributed by atoms with Crippen LogP contribution in [-0.2, 0) is 11.3 Å². The molecule has 5 aromatic rings. The minimum absolute atomic E-state index is 0.00641. The summed E-state index contributed by atoms with van der Waals surface area (Å²) < 4.78 is 13.7. The maximum atomic E-state index is 13.2. The second kappa shape index (κ2) is 8.41. The minimum Gasteiger partial charge on any atom is -0.486 e. The van der Waals surface area contributed by atoms with Crippen molar-refractivity contribution in [1.82, 2.24) is 9.55 Å². The summed E-state index contributed by atoms with van der Waals surface area (Å²) in [6.07, 6.45) is 0.424. The summed E-state index contributed by atoms with van der Waals surface area (Å²) in [6.45, 7) is 2.35. The number of fused-ring (bicyclic) bond motifs is 3. The molecule has 0 saturated carbocycles. The van der Waals surface area contributed by atoms with Gasteiger partial charge in [-0.15, -0.1) is 0 Å². The van der Waals surface area contributed by atoms with Gasteiger partial charge in [-0.2, -0.15) is 0 Å². The first-order valence-electron chi connectivity index (χ1n) is 12.4. The molecule has 0 radical (unpaired) electrons. The molecule has 3 heterocycles. The second-order valence-electron chi connectivity index (χ2n) is 9.42. The molecule has 0 bridgehead atoms. The zero-order valence-corrected chi connectivity index (χ0v) is 19.8. The molecule has 7 rings (SSSR count). The number of anilines is 1. The summed E-state index contributed by atoms with van der Waals surface area (Å²) in [5, 5.41) is 2.46. The Morgan fingerprint density at radius 2 is 1.67 bits per heavy atom. The summed E-state index contributed by atoms with van der Waals surface area (Å²) in [7, 11) is 0. The molecular weight excluding hydrogens is 450 g/mol. The lowest BCUT2D eigenvalue weighted by Crippen LogP contribution is -2.25. The smallest absolute Gasteiger partial charge is 0.227 e. The van der Waals surface area contributed by atoms with Crippen LogP contribution in [0.3, 0.4) is 0 Å². The van der Waals surface area contributed by atoms with Gasteiger partial charge in [0.25, 0.3) is 0 Å². The van der Waals surface area contributed by atoms with Gasteiger partial charge in [0.1, 0.15) is 19.0 Å². The third kappa shape index (κ3) is 3.49. The molecule has 4 aromatic carbocycles. The van der Waals surface area contributed by atoms with E-state index in [1.807, 2.05) is 35.2 Å². The zero-order valence-electron chi connectivity index (χ0n) is 19.8. The maximum Gasteiger partial charge on any atom is 0.227 e. The Morgan fingerprint density at radius 1 is 0.861 bits per heavy atom. The van der Waals surface area contributed by atoms with Crippen LogP contribution in [0.4, 0.5) is 5.69 Å². The highest BCUT2D eigenvalue weighted by Gasteiger charge is 2.35. The van der Waals surface area contributed by atoms with E-state index in [0.29, 0.717) is 38.5 Å². The first kappa shape index (κ1) is 21.0. The Kier molecular flexibility index (Phi) is 4.91. The quantitative estimate of drug-likeness (QED) is 0.343. The van der Waals surface area contributed by atoms with Crippen LogP contribution in [0.5, 0.6) is 11.5 Å². The van der Waals surface area contributed by atoms with Gasteiger partial charge >= 0.3 is 0 Å². The number of benzene rings is 4. The van der Waals surface area contributed by atoms with E-state index in [4.69, 9.17) is 14.5 Å². The monoisotopic (exact) mass is 475 g/mol. The van der Waals surface area contributed by atoms with Crippen molar-refractivity contribution in [3.63, 3.8) is 0 Å². The Labute approximate surface area is 208 Å². The predicted molar refractivity (Wildman–Crippen MR) is 140 cm³/mol. The second-order valence-corrected chi connectivity index (χ2v) is 9.42. The minimum atomic E-state index is -0.00641. The van der Waals surface area contributed by atoms with Crippen LogP contribution >= 0.6 is 0 Å². The van der Waals surface area contributed by atoms with E-state index in [1.165, 1.54) is 16.3 Å². The van der Waals surface area contributed by atoms with Gasteiger partial charge in [-0.05, 0) is 40.6 Å². The molecular formula is C30H25N3O3. The number of carbonyl (C=O) groups excluding carboxylic acids is 1. The molecule has 178 valence electrons. The van der Waals surface area contributed by atoms with E-state index in [0.717, 1.165) is 28.3 Å². The van der Waals surface area contributed by atoms with E-state index in [1.54, 1.807) is 0 Å². The van der Waals surface area contributed by atoms with Gasteiger partial charge in [-0.25, -0.2) is 4.98 Å². The molecule has 1 aromatic heterocycles. The molecule has 2 aliphatic rings. The Bertz CT molecular complexity index is 1620. The highest BCUT2D eigenvalue weighted by atomic mass is 16.6. The zero-order chi connectivity index (χ0) is 24.1. The molecule has 2 aliphatic heterocycles. The van der Waals surface area contributed by atoms with Crippen molar-refractivity contribution in [2.75, 3.05) is 24.7 Å². The molecule has 1 fully saturated rings. The first-order chi connectivity index (χ1) is 17.7. The fourth-order valence-corrected chi connectivity index (χ4v) is 5.50. The average Bonchev–Trinajstić information content (AvgIpc) is 3.49. The number of carbonyl (C=O) groups is 1. The van der Waals surface area contributed by atoms with E-state index < -0.39 is 0 Å². The van der Waals surface area contributed by atoms with Crippen molar-refractivity contribution < 1.29 is 14.3 Å². The van der Waals surface area contributed by atoms with Gasteiger partial charge in [0, 0.05) is 37.2 Å². The van der Waals surface area contributed by atoms with E-state index in [9.17, 15) is 4.79 Å². The fraction of sp³-hybridized carbons (Fsp3) is 0.200. The van der Waals surface area contributed by atoms with Crippen LogP contribution in [0.15, 0.2) is 84.9 Å². The van der Waals surface area contributed by atoms with E-state index in [-0.39, 0.29) is 11.8 Å². The topological polar surface area (TPSA) is 56.6 Å². The van der Waals surface area contributed by atoms with Gasteiger partial charge in [0.2, 0.25) is 5.91 Å². The van der Waals surface area contributed by atoms with Crippen LogP contribution in [-0.4, -0.2) is 35.2 Å². The van der Waals surface area contributed by atoms with Crippen molar-refractivity contribution >= 4 is 33.4 Å². The molecule has 1 unspecified atom stereocenters. The van der Waals surface area contributed by atoms with E-state index >= 15 is 0 Å². The van der Waals surface area contributed by atoms with E-state index in [2.05, 4.69) is 59.2 Å². The van der Waals surface area contributed by atoms with Gasteiger partial charge in [-0.3, -0.25) is 4.79 Å². The number of ether oxygens (including phenoxy) is 2. The van der Waals surface area contributed by atoms with Crippen molar-refractivity contribution in [3.8, 4) is 11.5 Å². The summed E-state index contributed by atoms with van der Waals surface area (Å²) in [5.41, 5.74) is 4.12. The standard InChI is InChI=1S/C30H25N3O3/c34-29-16-22(19-32(29)23-12-13-27-28(17-23)36-15-14-35-27)30-31-25-10-3-4-11-26(25)33(30)18-21-8-5-7-20-6-1-2-9-24(20)21/h1-13,17,22H,14-16,18-19H2. The highest BCUT2D eigenvalue weighted by Crippen LogP contribution is 2.38. The molecule has 36 heavy (non-hydrogen) atoms. The van der Waals surface area contributed by atoms with Crippen LogP contribution in [0.1, 0.15) is 23.7 Å². The number of hydrogen-bond acceptors (Lipinski definition) is 4. The lowest BCUT2D eigenvalue weighted by Gasteiger charge is -2.22. The Hall–Kier alpha value is -4.32. The summed E-state index contributed by atoms with van der Waals surface area (Å²) in [6, 6.07) is 28.9. The highest BCUT2D eigenvalue weighted by molar-refractivity contribution is 5.97. The van der Waals surface area contributed by atoms with Gasteiger partial charge < -0.3 is 18.9 Å². The number of nitrogens with zero attached hydrogens (tertiary/aromatic N) is 3. The fourth-order valence-electron chi connectivity index (χ4n) is 5.50. The molecule has 1 saturated heterocycles. The van der Waals surface area contributed by atoms with Crippen molar-refractivity contribution in [3.05, 3.63) is 96.3 Å². The Morgan fingerprint density at radius 3 is 2.61 bits per heavy atom. The maximum absolute atomic E-state index is 13.2. The summed E-state index contributed by atoms with van der Waals surface area (Å²) in [5.74, 6) is 2.47. The molecule has 0 N–H and O–H groups in total. The molecule has 6 nitrogen and oxygen atoms in total. The van der Waals surface area contributed by atoms with Crippen molar-refractivity contribution in [1.29, 1.82) is 0 Å². The third-order valence-corrected chi connectivity index (χ3v) is 7.22. The van der Waals surface area contributed by atoms with Gasteiger partial charge in [0.05, 0.1) is 11.0 Å². The van der Waals surface area contributed by atoms with Crippen LogP contribution in [0.2, 0.25) is 0 Å². The summed E-state index contributed by atoms with van der Waals surface area (Å²) >= 11 is 0. The van der Waals surface area contributed by atoms with Gasteiger partial charge in [-0.1, -0.05) is 54.6 Å². The number of imidazole rings is 1. The van der Waals surface area contributed by atoms with Crippen LogP contribution in [0, 0.1) is 0 Å². The lowest BCUT2D eigenvalue weighted by atomic mass is 10.0. The van der Waals surface area contributed by atoms with Crippen molar-refractivity contribution in [2.24, 2.45) is 0 Å². The molecule has 1 atom stereocenters. The SMILES string of the molecule is O=C1CC(c2nc3ccccc3n2Cc2cccc3ccccc23)CN1c1ccc2c(c1)OCCO2. The average molecular weight is 476 g/mol. The molecule has 0 spiro atoms. The molecule has 1 amide bonds. The van der Waals surface area contributed by atoms with Crippen LogP contribution in [0.25, 0.3) is 21.8 Å². The van der Waals surface area contributed by atoms with Gasteiger partial charge in [0.15, 0.2) is 11.5 Å². The number of hydrogen-bond donors (Lipinski definition) is 0. The normalized spacial score (nSPS) is 17.3. The number of rotatable bonds is 4. The lowest BCUT2D eigenvalue weighted by molar-refractivity contribution is -0.117. The largest absolute Gasteiger partial charge is 0.486 e. The Balaban J connectivity index is 1.27. The molecule has 6 heteroatoms. The number of aromatic nitrogens is 2. The number of amides is 1.